The summed E-state index contributed by atoms with van der Waals surface area (Å²) in [6.07, 6.45) is 7.46. The van der Waals surface area contributed by atoms with Crippen LogP contribution in [0.5, 0.6) is 0 Å². The van der Waals surface area contributed by atoms with Crippen LogP contribution in [0.4, 0.5) is 5.69 Å². The highest BCUT2D eigenvalue weighted by molar-refractivity contribution is 6.34. The summed E-state index contributed by atoms with van der Waals surface area (Å²) >= 11 is 6.21. The van der Waals surface area contributed by atoms with Gasteiger partial charge >= 0.3 is 5.97 Å². The quantitative estimate of drug-likeness (QED) is 0.163. The van der Waals surface area contributed by atoms with Crippen molar-refractivity contribution < 1.29 is 34.4 Å². The smallest absolute Gasteiger partial charge is 0.331 e. The number of hydrogen-bond donors (Lipinski definition) is 5. The van der Waals surface area contributed by atoms with Gasteiger partial charge in [-0.2, -0.15) is 5.10 Å². The number of carbonyl (C=O) groups is 3. The average Bonchev–Trinajstić information content (AvgIpc) is 3.60. The van der Waals surface area contributed by atoms with Gasteiger partial charge in [0, 0.05) is 29.5 Å². The highest BCUT2D eigenvalue weighted by Crippen LogP contribution is 2.70. The van der Waals surface area contributed by atoms with Crippen LogP contribution in [0.15, 0.2) is 65.3 Å². The molecule has 2 amide bonds. The second-order valence-electron chi connectivity index (χ2n) is 14.7. The third-order valence-electron chi connectivity index (χ3n) is 12.6. The minimum absolute atomic E-state index is 0.0336. The van der Waals surface area contributed by atoms with E-state index in [1.807, 2.05) is 0 Å². The molecule has 10 nitrogen and oxygen atoms in total. The van der Waals surface area contributed by atoms with Crippen LogP contribution in [0.25, 0.3) is 0 Å². The van der Waals surface area contributed by atoms with E-state index < -0.39 is 40.0 Å². The minimum Gasteiger partial charge on any atom is -0.458 e. The molecule has 7 rings (SSSR count). The number of para-hydroxylation sites is 1. The van der Waals surface area contributed by atoms with Gasteiger partial charge in [-0.15, -0.1) is 0 Å². The Kier molecular flexibility index (Phi) is 8.30. The lowest BCUT2D eigenvalue weighted by atomic mass is 9.41. The zero-order valence-electron chi connectivity index (χ0n) is 27.0. The van der Waals surface area contributed by atoms with Crippen LogP contribution < -0.4 is 10.7 Å². The molecule has 254 valence electrons. The van der Waals surface area contributed by atoms with Crippen molar-refractivity contribution >= 4 is 41.3 Å². The predicted molar refractivity (Wildman–Crippen MR) is 179 cm³/mol. The standard InChI is InChI=1S/C37H42ClN3O7/c1-34-14-11-27-28(37(34,47)17-13-26(34)22-18-31(43)48-20-22)12-16-36(46)19-23(42)10-15-35(27,36)21-39-41-33(45)25-7-3-5-9-30(25)40-32(44)24-6-2-4-8-29(24)38/h2-9,18,21,23,26-28,42,46-47H,10-17,19-20H2,1H3,(H,40,44)(H,41,45)/b39-21+/t23-,26-,27+,28-,34-,35+,36+,37+/m1/s1. The second kappa shape index (κ2) is 12.1. The molecule has 0 aromatic heterocycles. The van der Waals surface area contributed by atoms with Crippen LogP contribution in [-0.2, 0) is 9.53 Å². The Bertz CT molecular complexity index is 1710. The van der Waals surface area contributed by atoms with Gasteiger partial charge in [0.1, 0.15) is 6.61 Å². The summed E-state index contributed by atoms with van der Waals surface area (Å²) in [5.41, 5.74) is 0.724. The molecular formula is C37H42ClN3O7. The van der Waals surface area contributed by atoms with Gasteiger partial charge in [-0.1, -0.05) is 42.8 Å². The molecule has 4 aliphatic carbocycles. The molecule has 2 aromatic carbocycles. The molecule has 48 heavy (non-hydrogen) atoms. The van der Waals surface area contributed by atoms with Crippen molar-refractivity contribution in [1.29, 1.82) is 0 Å². The minimum atomic E-state index is -1.27. The maximum atomic E-state index is 13.5. The normalized spacial score (nSPS) is 37.2. The number of rotatable bonds is 6. The van der Waals surface area contributed by atoms with Gasteiger partial charge in [-0.25, -0.2) is 10.2 Å². The molecule has 4 fully saturated rings. The van der Waals surface area contributed by atoms with Crippen molar-refractivity contribution in [2.24, 2.45) is 33.7 Å². The molecule has 2 aromatic rings. The molecule has 5 N–H and O–H groups in total. The van der Waals surface area contributed by atoms with E-state index in [1.165, 1.54) is 0 Å². The summed E-state index contributed by atoms with van der Waals surface area (Å²) in [5, 5.41) is 43.1. The van der Waals surface area contributed by atoms with Crippen LogP contribution in [0.3, 0.4) is 0 Å². The lowest BCUT2D eigenvalue weighted by molar-refractivity contribution is -0.237. The van der Waals surface area contributed by atoms with Crippen molar-refractivity contribution in [2.75, 3.05) is 11.9 Å². The number of amides is 2. The van der Waals surface area contributed by atoms with Crippen molar-refractivity contribution in [3.8, 4) is 0 Å². The number of cyclic esters (lactones) is 1. The summed E-state index contributed by atoms with van der Waals surface area (Å²) in [4.78, 5) is 38.4. The Morgan fingerprint density at radius 3 is 2.42 bits per heavy atom. The maximum absolute atomic E-state index is 13.5. The molecule has 5 aliphatic rings. The first-order chi connectivity index (χ1) is 22.9. The second-order valence-corrected chi connectivity index (χ2v) is 15.1. The topological polar surface area (TPSA) is 158 Å². The predicted octanol–water partition coefficient (Wildman–Crippen LogP) is 5.02. The first-order valence-corrected chi connectivity index (χ1v) is 17.3. The van der Waals surface area contributed by atoms with Crippen LogP contribution in [-0.4, -0.2) is 63.2 Å². The fourth-order valence-electron chi connectivity index (χ4n) is 10.3. The Morgan fingerprint density at radius 1 is 0.938 bits per heavy atom. The Balaban J connectivity index is 1.15. The summed E-state index contributed by atoms with van der Waals surface area (Å²) in [5.74, 6) is -1.57. The molecule has 1 heterocycles. The van der Waals surface area contributed by atoms with Crippen molar-refractivity contribution in [3.05, 3.63) is 76.3 Å². The largest absolute Gasteiger partial charge is 0.458 e. The molecule has 0 spiro atoms. The highest BCUT2D eigenvalue weighted by Gasteiger charge is 2.71. The molecule has 0 bridgehead atoms. The lowest BCUT2D eigenvalue weighted by Crippen LogP contribution is -2.68. The SMILES string of the molecule is C[C@]12CC[C@H]3[C@@H](CC[C@]4(O)C[C@H](O)CC[C@]34/C=N/NC(=O)c3ccccc3NC(=O)c3ccccc3Cl)[C@@]1(O)CC[C@@H]2C1=CC(=O)OC1. The van der Waals surface area contributed by atoms with Crippen LogP contribution in [0, 0.1) is 28.6 Å². The van der Waals surface area contributed by atoms with Crippen molar-refractivity contribution in [2.45, 2.75) is 82.0 Å². The summed E-state index contributed by atoms with van der Waals surface area (Å²) in [6.45, 7) is 2.41. The monoisotopic (exact) mass is 675 g/mol. The van der Waals surface area contributed by atoms with Gasteiger partial charge in [0.25, 0.3) is 11.8 Å². The number of nitrogens with one attached hydrogen (secondary N) is 2. The number of nitrogens with zero attached hydrogens (tertiary/aromatic N) is 1. The van der Waals surface area contributed by atoms with Crippen molar-refractivity contribution in [3.63, 3.8) is 0 Å². The molecule has 4 saturated carbocycles. The fourth-order valence-corrected chi connectivity index (χ4v) is 10.5. The third kappa shape index (κ3) is 5.11. The number of fused-ring (bicyclic) bond motifs is 5. The van der Waals surface area contributed by atoms with Gasteiger partial charge in [-0.3, -0.25) is 9.59 Å². The molecule has 0 radical (unpaired) electrons. The number of benzene rings is 2. The van der Waals surface area contributed by atoms with Crippen LogP contribution >= 0.6 is 11.6 Å². The fraction of sp³-hybridized carbons (Fsp3) is 0.514. The first kappa shape index (κ1) is 33.0. The van der Waals surface area contributed by atoms with E-state index in [4.69, 9.17) is 16.3 Å². The van der Waals surface area contributed by atoms with E-state index in [0.717, 1.165) is 18.4 Å². The van der Waals surface area contributed by atoms with Gasteiger partial charge in [0.05, 0.1) is 39.1 Å². The zero-order chi connectivity index (χ0) is 33.9. The number of anilines is 1. The van der Waals surface area contributed by atoms with E-state index in [9.17, 15) is 29.7 Å². The number of esters is 1. The number of hydrogen-bond acceptors (Lipinski definition) is 8. The molecule has 0 saturated heterocycles. The van der Waals surface area contributed by atoms with E-state index >= 15 is 0 Å². The van der Waals surface area contributed by atoms with E-state index in [-0.39, 0.29) is 58.6 Å². The first-order valence-electron chi connectivity index (χ1n) is 16.9. The Morgan fingerprint density at radius 2 is 1.67 bits per heavy atom. The molecule has 0 unspecified atom stereocenters. The van der Waals surface area contributed by atoms with Gasteiger partial charge in [0.2, 0.25) is 0 Å². The van der Waals surface area contributed by atoms with E-state index in [2.05, 4.69) is 22.8 Å². The van der Waals surface area contributed by atoms with Gasteiger partial charge in [0.15, 0.2) is 0 Å². The summed E-state index contributed by atoms with van der Waals surface area (Å²) < 4.78 is 5.25. The Hall–Kier alpha value is -3.57. The molecular weight excluding hydrogens is 634 g/mol. The van der Waals surface area contributed by atoms with Gasteiger partial charge in [-0.05, 0) is 99.0 Å². The number of aliphatic hydroxyl groups is 3. The van der Waals surface area contributed by atoms with E-state index in [1.54, 1.807) is 60.8 Å². The number of hydrazone groups is 1. The van der Waals surface area contributed by atoms with E-state index in [0.29, 0.717) is 38.5 Å². The number of ether oxygens (including phenoxy) is 1. The Labute approximate surface area is 284 Å². The molecule has 11 heteroatoms. The number of carbonyl (C=O) groups excluding carboxylic acids is 3. The van der Waals surface area contributed by atoms with Crippen LogP contribution in [0.1, 0.15) is 85.4 Å². The number of aliphatic hydroxyl groups excluding tert-OH is 1. The summed E-state index contributed by atoms with van der Waals surface area (Å²) in [7, 11) is 0. The molecule has 1 aliphatic heterocycles. The maximum Gasteiger partial charge on any atom is 0.331 e. The van der Waals surface area contributed by atoms with Gasteiger partial charge < -0.3 is 25.4 Å². The van der Waals surface area contributed by atoms with Crippen molar-refractivity contribution in [1.82, 2.24) is 5.43 Å². The highest BCUT2D eigenvalue weighted by atomic mass is 35.5. The molecule has 8 atom stereocenters. The van der Waals surface area contributed by atoms with Crippen LogP contribution in [0.2, 0.25) is 5.02 Å². The zero-order valence-corrected chi connectivity index (χ0v) is 27.7. The lowest BCUT2D eigenvalue weighted by Gasteiger charge is -2.65. The average molecular weight is 676 g/mol. The number of halogens is 1. The third-order valence-corrected chi connectivity index (χ3v) is 13.0. The summed E-state index contributed by atoms with van der Waals surface area (Å²) in [6, 6.07) is 13.2.